The molecule has 7 heteroatoms. The Morgan fingerprint density at radius 2 is 1.94 bits per heavy atom. The van der Waals surface area contributed by atoms with Crippen LogP contribution in [0, 0.1) is 11.2 Å². The Bertz CT molecular complexity index is 964. The highest BCUT2D eigenvalue weighted by Crippen LogP contribution is 2.44. The molecule has 3 fully saturated rings. The van der Waals surface area contributed by atoms with E-state index in [1.54, 1.807) is 30.5 Å². The Hall–Kier alpha value is -2.67. The van der Waals surface area contributed by atoms with Crippen LogP contribution in [0.15, 0.2) is 42.6 Å². The van der Waals surface area contributed by atoms with Crippen molar-refractivity contribution < 1.29 is 19.0 Å². The first-order valence-electron chi connectivity index (χ1n) is 11.7. The lowest BCUT2D eigenvalue weighted by Gasteiger charge is -2.41. The van der Waals surface area contributed by atoms with Crippen molar-refractivity contribution in [3.63, 3.8) is 0 Å². The summed E-state index contributed by atoms with van der Waals surface area (Å²) in [5.41, 5.74) is 0.0913. The number of benzene rings is 1. The van der Waals surface area contributed by atoms with Crippen LogP contribution in [0.25, 0.3) is 0 Å². The van der Waals surface area contributed by atoms with Gasteiger partial charge >= 0.3 is 0 Å². The highest BCUT2D eigenvalue weighted by Gasteiger charge is 2.50. The molecule has 0 radical (unpaired) electrons. The molecule has 1 amide bonds. The lowest BCUT2D eigenvalue weighted by molar-refractivity contribution is -0.139. The standard InChI is InChI=1S/C25H30FN3O3/c26-21-16-20(32-23-4-1-2-13-27-23)9-10-22(21)28-14-3-11-25(17-28)12-15-29(24(25)31)18-5-7-19(30)8-6-18/h1-2,4,9-10,13,16,18-19,30H,3,5-8,11-12,14-15,17H2/t18-,19-,25-/m1/s1. The van der Waals surface area contributed by atoms with Crippen LogP contribution in [0.2, 0.25) is 0 Å². The van der Waals surface area contributed by atoms with E-state index in [1.807, 2.05) is 11.0 Å². The Labute approximate surface area is 188 Å². The highest BCUT2D eigenvalue weighted by molar-refractivity contribution is 5.86. The molecule has 3 heterocycles. The van der Waals surface area contributed by atoms with Crippen molar-refractivity contribution in [1.29, 1.82) is 0 Å². The van der Waals surface area contributed by atoms with E-state index in [2.05, 4.69) is 9.88 Å². The van der Waals surface area contributed by atoms with Crippen molar-refractivity contribution in [2.75, 3.05) is 24.5 Å². The van der Waals surface area contributed by atoms with Crippen molar-refractivity contribution in [1.82, 2.24) is 9.88 Å². The van der Waals surface area contributed by atoms with E-state index >= 15 is 4.39 Å². The quantitative estimate of drug-likeness (QED) is 0.776. The van der Waals surface area contributed by atoms with Crippen LogP contribution < -0.4 is 9.64 Å². The molecule has 2 saturated heterocycles. The number of piperidine rings is 1. The first-order valence-corrected chi connectivity index (χ1v) is 11.7. The number of aliphatic hydroxyl groups is 1. The smallest absolute Gasteiger partial charge is 0.230 e. The van der Waals surface area contributed by atoms with Crippen molar-refractivity contribution in [2.24, 2.45) is 5.41 Å². The lowest BCUT2D eigenvalue weighted by atomic mass is 9.78. The third-order valence-electron chi connectivity index (χ3n) is 7.35. The van der Waals surface area contributed by atoms with Gasteiger partial charge in [-0.15, -0.1) is 0 Å². The van der Waals surface area contributed by atoms with E-state index in [0.717, 1.165) is 58.0 Å². The largest absolute Gasteiger partial charge is 0.439 e. The molecule has 170 valence electrons. The number of hydrogen-bond donors (Lipinski definition) is 1. The Morgan fingerprint density at radius 3 is 2.69 bits per heavy atom. The van der Waals surface area contributed by atoms with Crippen LogP contribution in [0.3, 0.4) is 0 Å². The van der Waals surface area contributed by atoms with Gasteiger partial charge in [0.05, 0.1) is 17.2 Å². The number of hydrogen-bond acceptors (Lipinski definition) is 5. The van der Waals surface area contributed by atoms with Crippen molar-refractivity contribution in [3.8, 4) is 11.6 Å². The molecule has 1 N–H and O–H groups in total. The van der Waals surface area contributed by atoms with Crippen LogP contribution in [0.1, 0.15) is 44.9 Å². The molecule has 6 nitrogen and oxygen atoms in total. The van der Waals surface area contributed by atoms with E-state index in [1.165, 1.54) is 6.07 Å². The summed E-state index contributed by atoms with van der Waals surface area (Å²) in [5.74, 6) is 0.695. The third kappa shape index (κ3) is 4.06. The van der Waals surface area contributed by atoms with E-state index in [-0.39, 0.29) is 23.9 Å². The van der Waals surface area contributed by atoms with Crippen LogP contribution in [-0.4, -0.2) is 52.7 Å². The fourth-order valence-electron chi connectivity index (χ4n) is 5.62. The zero-order chi connectivity index (χ0) is 22.1. The summed E-state index contributed by atoms with van der Waals surface area (Å²) >= 11 is 0. The summed E-state index contributed by atoms with van der Waals surface area (Å²) < 4.78 is 20.7. The molecule has 1 aromatic heterocycles. The number of rotatable bonds is 4. The molecule has 5 rings (SSSR count). The predicted molar refractivity (Wildman–Crippen MR) is 119 cm³/mol. The maximum atomic E-state index is 15.1. The summed E-state index contributed by atoms with van der Waals surface area (Å²) in [6.45, 7) is 2.06. The molecule has 0 bridgehead atoms. The van der Waals surface area contributed by atoms with E-state index in [0.29, 0.717) is 23.9 Å². The Kier molecular flexibility index (Phi) is 5.76. The van der Waals surface area contributed by atoms with Gasteiger partial charge in [0.2, 0.25) is 11.8 Å². The van der Waals surface area contributed by atoms with Gasteiger partial charge in [-0.05, 0) is 63.1 Å². The number of likely N-dealkylation sites (tertiary alicyclic amines) is 1. The van der Waals surface area contributed by atoms with Crippen LogP contribution in [-0.2, 0) is 4.79 Å². The second-order valence-corrected chi connectivity index (χ2v) is 9.40. The fraction of sp³-hybridized carbons (Fsp3) is 0.520. The molecule has 1 aromatic carbocycles. The number of halogens is 1. The number of ether oxygens (including phenoxy) is 1. The van der Waals surface area contributed by atoms with Crippen molar-refractivity contribution in [3.05, 3.63) is 48.4 Å². The topological polar surface area (TPSA) is 65.9 Å². The predicted octanol–water partition coefficient (Wildman–Crippen LogP) is 4.14. The minimum absolute atomic E-state index is 0.221. The summed E-state index contributed by atoms with van der Waals surface area (Å²) in [6, 6.07) is 10.5. The van der Waals surface area contributed by atoms with Gasteiger partial charge in [0.15, 0.2) is 0 Å². The molecule has 1 aliphatic carbocycles. The van der Waals surface area contributed by atoms with E-state index < -0.39 is 5.41 Å². The van der Waals surface area contributed by atoms with Gasteiger partial charge in [0, 0.05) is 44.0 Å². The fourth-order valence-corrected chi connectivity index (χ4v) is 5.62. The van der Waals surface area contributed by atoms with Crippen molar-refractivity contribution >= 4 is 11.6 Å². The first kappa shape index (κ1) is 21.2. The normalized spacial score (nSPS) is 28.4. The number of carbonyl (C=O) groups is 1. The van der Waals surface area contributed by atoms with Gasteiger partial charge in [-0.1, -0.05) is 6.07 Å². The number of aliphatic hydroxyl groups excluding tert-OH is 1. The van der Waals surface area contributed by atoms with Crippen LogP contribution in [0.5, 0.6) is 11.6 Å². The second-order valence-electron chi connectivity index (χ2n) is 9.40. The zero-order valence-electron chi connectivity index (χ0n) is 18.3. The third-order valence-corrected chi connectivity index (χ3v) is 7.35. The number of amides is 1. The van der Waals surface area contributed by atoms with Gasteiger partial charge < -0.3 is 19.6 Å². The zero-order valence-corrected chi connectivity index (χ0v) is 18.3. The van der Waals surface area contributed by atoms with Crippen LogP contribution in [0.4, 0.5) is 10.1 Å². The molecule has 0 unspecified atom stereocenters. The number of carbonyl (C=O) groups excluding carboxylic acids is 1. The minimum Gasteiger partial charge on any atom is -0.439 e. The lowest BCUT2D eigenvalue weighted by Crippen LogP contribution is -2.50. The van der Waals surface area contributed by atoms with E-state index in [9.17, 15) is 9.90 Å². The summed E-state index contributed by atoms with van der Waals surface area (Å²) in [6.07, 6.45) is 7.24. The second kappa shape index (κ2) is 8.70. The van der Waals surface area contributed by atoms with Gasteiger partial charge in [-0.3, -0.25) is 4.79 Å². The molecule has 32 heavy (non-hydrogen) atoms. The first-order chi connectivity index (χ1) is 15.5. The van der Waals surface area contributed by atoms with E-state index in [4.69, 9.17) is 4.74 Å². The summed E-state index contributed by atoms with van der Waals surface area (Å²) in [7, 11) is 0. The average Bonchev–Trinajstić information content (AvgIpc) is 3.10. The van der Waals surface area contributed by atoms with Gasteiger partial charge in [-0.25, -0.2) is 9.37 Å². The molecule has 2 aliphatic heterocycles. The summed E-state index contributed by atoms with van der Waals surface area (Å²) in [4.78, 5) is 21.7. The number of aromatic nitrogens is 1. The number of anilines is 1. The molecule has 1 spiro atoms. The highest BCUT2D eigenvalue weighted by atomic mass is 19.1. The molecule has 1 atom stereocenters. The summed E-state index contributed by atoms with van der Waals surface area (Å²) in [5, 5.41) is 9.81. The molecule has 1 saturated carbocycles. The average molecular weight is 440 g/mol. The maximum Gasteiger partial charge on any atom is 0.230 e. The number of nitrogens with zero attached hydrogens (tertiary/aromatic N) is 3. The molecular formula is C25H30FN3O3. The van der Waals surface area contributed by atoms with Gasteiger partial charge in [0.25, 0.3) is 0 Å². The minimum atomic E-state index is -0.427. The monoisotopic (exact) mass is 439 g/mol. The Balaban J connectivity index is 1.29. The SMILES string of the molecule is O=C1N([C@H]2CC[C@H](O)CC2)CC[C@@]12CCCN(c1ccc(Oc3ccccn3)cc1F)C2. The maximum absolute atomic E-state index is 15.1. The van der Waals surface area contributed by atoms with Gasteiger partial charge in [-0.2, -0.15) is 0 Å². The Morgan fingerprint density at radius 1 is 1.09 bits per heavy atom. The van der Waals surface area contributed by atoms with Crippen molar-refractivity contribution in [2.45, 2.75) is 57.1 Å². The molecular weight excluding hydrogens is 409 g/mol. The van der Waals surface area contributed by atoms with Gasteiger partial charge in [0.1, 0.15) is 11.6 Å². The molecule has 3 aliphatic rings. The van der Waals surface area contributed by atoms with Crippen LogP contribution >= 0.6 is 0 Å². The molecule has 2 aromatic rings. The number of pyridine rings is 1.